The van der Waals surface area contributed by atoms with Crippen LogP contribution in [-0.4, -0.2) is 45.6 Å². The van der Waals surface area contributed by atoms with E-state index in [4.69, 9.17) is 4.74 Å². The highest BCUT2D eigenvalue weighted by Gasteiger charge is 2.16. The van der Waals surface area contributed by atoms with Crippen LogP contribution in [0.1, 0.15) is 32.1 Å². The first kappa shape index (κ1) is 20.2. The van der Waals surface area contributed by atoms with Crippen LogP contribution in [0.4, 0.5) is 5.69 Å². The first-order chi connectivity index (χ1) is 13.2. The van der Waals surface area contributed by atoms with Crippen molar-refractivity contribution in [3.63, 3.8) is 0 Å². The van der Waals surface area contributed by atoms with Crippen LogP contribution >= 0.6 is 21.6 Å². The molecule has 3 rings (SSSR count). The molecule has 1 fully saturated rings. The Morgan fingerprint density at radius 2 is 2.30 bits per heavy atom. The maximum Gasteiger partial charge on any atom is 0.277 e. The number of benzene rings is 1. The number of hydrogen-bond donors (Lipinski definition) is 1. The Morgan fingerprint density at radius 3 is 3.07 bits per heavy atom. The molecule has 0 saturated carbocycles. The molecule has 1 aromatic heterocycles. The molecule has 146 valence electrons. The summed E-state index contributed by atoms with van der Waals surface area (Å²) in [4.78, 5) is 24.7. The Hall–Kier alpha value is -1.58. The van der Waals surface area contributed by atoms with Crippen LogP contribution in [-0.2, 0) is 16.1 Å². The number of hydrogen-bond acceptors (Lipinski definition) is 7. The first-order valence-electron chi connectivity index (χ1n) is 9.12. The third kappa shape index (κ3) is 5.70. The molecule has 1 N–H and O–H groups in total. The lowest BCUT2D eigenvalue weighted by atomic mass is 10.1. The Kier molecular flexibility index (Phi) is 7.54. The van der Waals surface area contributed by atoms with Crippen molar-refractivity contribution in [1.82, 2.24) is 15.0 Å². The lowest BCUT2D eigenvalue weighted by molar-refractivity contribution is -0.116. The zero-order valence-electron chi connectivity index (χ0n) is 15.3. The molecule has 0 spiro atoms. The monoisotopic (exact) mass is 408 g/mol. The van der Waals surface area contributed by atoms with Gasteiger partial charge in [0.05, 0.1) is 18.5 Å². The number of methoxy groups -OCH3 is 1. The summed E-state index contributed by atoms with van der Waals surface area (Å²) in [5.41, 5.74) is 0.886. The average Bonchev–Trinajstić information content (AvgIpc) is 3.19. The smallest absolute Gasteiger partial charge is 0.277 e. The molecule has 0 aliphatic carbocycles. The summed E-state index contributed by atoms with van der Waals surface area (Å²) in [6, 6.07) is 5.12. The van der Waals surface area contributed by atoms with E-state index in [1.165, 1.54) is 23.3 Å². The van der Waals surface area contributed by atoms with Gasteiger partial charge >= 0.3 is 0 Å². The molecule has 0 bridgehead atoms. The molecule has 1 aliphatic heterocycles. The largest absolute Gasteiger partial charge is 0.383 e. The summed E-state index contributed by atoms with van der Waals surface area (Å²) in [5, 5.41) is 12.0. The second-order valence-corrected chi connectivity index (χ2v) is 9.25. The van der Waals surface area contributed by atoms with Gasteiger partial charge < -0.3 is 10.1 Å². The zero-order valence-corrected chi connectivity index (χ0v) is 17.0. The van der Waals surface area contributed by atoms with Gasteiger partial charge in [0.1, 0.15) is 5.52 Å². The van der Waals surface area contributed by atoms with Gasteiger partial charge in [0.15, 0.2) is 0 Å². The molecule has 1 aromatic carbocycles. The second kappa shape index (κ2) is 10.1. The first-order valence-corrected chi connectivity index (χ1v) is 11.5. The summed E-state index contributed by atoms with van der Waals surface area (Å²) in [6.45, 7) is 0.723. The number of unbranched alkanes of at least 4 members (excludes halogenated alkanes) is 1. The van der Waals surface area contributed by atoms with Crippen molar-refractivity contribution >= 4 is 44.1 Å². The fourth-order valence-corrected chi connectivity index (χ4v) is 5.95. The van der Waals surface area contributed by atoms with Gasteiger partial charge in [-0.05, 0) is 37.5 Å². The molecule has 1 saturated heterocycles. The van der Waals surface area contributed by atoms with Crippen molar-refractivity contribution in [2.45, 2.75) is 43.9 Å². The fourth-order valence-electron chi connectivity index (χ4n) is 2.92. The third-order valence-electron chi connectivity index (χ3n) is 4.42. The molecule has 2 aromatic rings. The SMILES string of the molecule is COCCn1nnc2ccc(NC(=O)CCCCC3CCSS3)cc2c1=O. The summed E-state index contributed by atoms with van der Waals surface area (Å²) in [5.74, 6) is 1.22. The van der Waals surface area contributed by atoms with Gasteiger partial charge in [-0.25, -0.2) is 4.68 Å². The zero-order chi connectivity index (χ0) is 19.1. The van der Waals surface area contributed by atoms with Gasteiger partial charge in [-0.15, -0.1) is 5.10 Å². The van der Waals surface area contributed by atoms with Gasteiger partial charge in [-0.1, -0.05) is 33.2 Å². The van der Waals surface area contributed by atoms with Crippen LogP contribution < -0.4 is 10.9 Å². The highest BCUT2D eigenvalue weighted by atomic mass is 33.1. The van der Waals surface area contributed by atoms with E-state index < -0.39 is 0 Å². The molecule has 1 atom stereocenters. The number of fused-ring (bicyclic) bond motifs is 1. The Balaban J connectivity index is 1.56. The van der Waals surface area contributed by atoms with Crippen LogP contribution in [0.15, 0.2) is 23.0 Å². The number of nitrogens with one attached hydrogen (secondary N) is 1. The van der Waals surface area contributed by atoms with Gasteiger partial charge in [0.25, 0.3) is 5.56 Å². The fraction of sp³-hybridized carbons (Fsp3) is 0.556. The Morgan fingerprint density at radius 1 is 1.41 bits per heavy atom. The van der Waals surface area contributed by atoms with Crippen molar-refractivity contribution in [2.24, 2.45) is 0 Å². The van der Waals surface area contributed by atoms with Gasteiger partial charge in [0, 0.05) is 30.2 Å². The third-order valence-corrected chi connectivity index (χ3v) is 7.43. The minimum absolute atomic E-state index is 0.0236. The number of amides is 1. The minimum Gasteiger partial charge on any atom is -0.383 e. The molecule has 1 aliphatic rings. The van der Waals surface area contributed by atoms with E-state index in [0.29, 0.717) is 36.2 Å². The van der Waals surface area contributed by atoms with E-state index in [9.17, 15) is 9.59 Å². The van der Waals surface area contributed by atoms with Crippen LogP contribution in [0, 0.1) is 0 Å². The van der Waals surface area contributed by atoms with E-state index in [-0.39, 0.29) is 11.5 Å². The van der Waals surface area contributed by atoms with Crippen molar-refractivity contribution in [3.8, 4) is 0 Å². The highest BCUT2D eigenvalue weighted by Crippen LogP contribution is 2.39. The molecule has 7 nitrogen and oxygen atoms in total. The molecule has 9 heteroatoms. The standard InChI is InChI=1S/C18H24N4O3S2/c1-25-10-9-22-18(24)15-12-13(6-7-16(15)20-21-22)19-17(23)5-3-2-4-14-8-11-26-27-14/h6-7,12,14H,2-5,8-11H2,1H3,(H,19,23). The maximum absolute atomic E-state index is 12.5. The van der Waals surface area contributed by atoms with Gasteiger partial charge in [0.2, 0.25) is 5.91 Å². The minimum atomic E-state index is -0.236. The van der Waals surface area contributed by atoms with E-state index >= 15 is 0 Å². The van der Waals surface area contributed by atoms with E-state index in [2.05, 4.69) is 15.6 Å². The van der Waals surface area contributed by atoms with Gasteiger partial charge in [-0.2, -0.15) is 0 Å². The molecular weight excluding hydrogens is 384 g/mol. The number of ether oxygens (including phenoxy) is 1. The predicted octanol–water partition coefficient (Wildman–Crippen LogP) is 3.09. The topological polar surface area (TPSA) is 86.1 Å². The average molecular weight is 409 g/mol. The Labute approximate surface area is 166 Å². The summed E-state index contributed by atoms with van der Waals surface area (Å²) in [7, 11) is 5.50. The maximum atomic E-state index is 12.5. The van der Waals surface area contributed by atoms with E-state index in [1.54, 1.807) is 25.3 Å². The predicted molar refractivity (Wildman–Crippen MR) is 111 cm³/mol. The molecule has 0 radical (unpaired) electrons. The molecule has 1 unspecified atom stereocenters. The molecule has 1 amide bonds. The van der Waals surface area contributed by atoms with Crippen LogP contribution in [0.3, 0.4) is 0 Å². The summed E-state index contributed by atoms with van der Waals surface area (Å²) < 4.78 is 6.26. The van der Waals surface area contributed by atoms with E-state index in [1.807, 2.05) is 21.6 Å². The Bertz CT molecular complexity index is 837. The molecular formula is C18H24N4O3S2. The quantitative estimate of drug-likeness (QED) is 0.504. The molecule has 2 heterocycles. The number of rotatable bonds is 9. The molecule has 27 heavy (non-hydrogen) atoms. The highest BCUT2D eigenvalue weighted by molar-refractivity contribution is 8.77. The lowest BCUT2D eigenvalue weighted by Crippen LogP contribution is -2.26. The normalized spacial score (nSPS) is 16.7. The van der Waals surface area contributed by atoms with E-state index in [0.717, 1.165) is 18.1 Å². The lowest BCUT2D eigenvalue weighted by Gasteiger charge is -2.09. The van der Waals surface area contributed by atoms with Crippen molar-refractivity contribution < 1.29 is 9.53 Å². The number of anilines is 1. The van der Waals surface area contributed by atoms with Gasteiger partial charge in [-0.3, -0.25) is 9.59 Å². The summed E-state index contributed by atoms with van der Waals surface area (Å²) >= 11 is 0. The second-order valence-electron chi connectivity index (χ2n) is 6.47. The summed E-state index contributed by atoms with van der Waals surface area (Å²) in [6.07, 6.45) is 4.92. The van der Waals surface area contributed by atoms with Crippen LogP contribution in [0.25, 0.3) is 10.9 Å². The van der Waals surface area contributed by atoms with Crippen molar-refractivity contribution in [1.29, 1.82) is 0 Å². The number of carbonyl (C=O) groups is 1. The van der Waals surface area contributed by atoms with Crippen LogP contribution in [0.2, 0.25) is 0 Å². The van der Waals surface area contributed by atoms with Crippen LogP contribution in [0.5, 0.6) is 0 Å². The number of nitrogens with zero attached hydrogens (tertiary/aromatic N) is 3. The number of aromatic nitrogens is 3. The number of carbonyl (C=O) groups excluding carboxylic acids is 1. The van der Waals surface area contributed by atoms with Crippen molar-refractivity contribution in [2.75, 3.05) is 24.8 Å². The van der Waals surface area contributed by atoms with Crippen molar-refractivity contribution in [3.05, 3.63) is 28.6 Å².